The Balaban J connectivity index is 2.36. The van der Waals surface area contributed by atoms with Crippen LogP contribution in [0, 0.1) is 6.92 Å². The van der Waals surface area contributed by atoms with E-state index in [1.165, 1.54) is 5.56 Å². The monoisotopic (exact) mass is 177 g/mol. The summed E-state index contributed by atoms with van der Waals surface area (Å²) >= 11 is 0. The third-order valence-electron chi connectivity index (χ3n) is 2.62. The molecule has 3 heteroatoms. The van der Waals surface area contributed by atoms with Crippen LogP contribution in [0.25, 0.3) is 0 Å². The minimum atomic E-state index is -0.246. The van der Waals surface area contributed by atoms with Crippen molar-refractivity contribution in [2.45, 2.75) is 6.92 Å². The van der Waals surface area contributed by atoms with Crippen LogP contribution in [0.1, 0.15) is 5.56 Å². The maximum Gasteiger partial charge on any atom is 0.419 e. The minimum Gasteiger partial charge on any atom is -0.319 e. The average molecular weight is 177 g/mol. The van der Waals surface area contributed by atoms with Gasteiger partial charge in [-0.15, -0.1) is 0 Å². The smallest absolute Gasteiger partial charge is 0.319 e. The van der Waals surface area contributed by atoms with Crippen molar-refractivity contribution in [3.05, 3.63) is 29.8 Å². The molecule has 1 aromatic carbocycles. The lowest BCUT2D eigenvalue weighted by molar-refractivity contribution is 0.238. The first-order valence-electron chi connectivity index (χ1n) is 4.39. The fourth-order valence-corrected chi connectivity index (χ4v) is 1.54. The Morgan fingerprint density at radius 2 is 1.85 bits per heavy atom. The molecule has 1 saturated heterocycles. The number of rotatable bonds is 1. The third kappa shape index (κ3) is 1.21. The average Bonchev–Trinajstić information content (AvgIpc) is 2.86. The Kier molecular flexibility index (Phi) is 1.63. The first-order valence-corrected chi connectivity index (χ1v) is 4.39. The van der Waals surface area contributed by atoms with Crippen LogP contribution >= 0.6 is 0 Å². The summed E-state index contributed by atoms with van der Waals surface area (Å²) in [5.41, 5.74) is 7.55. The van der Waals surface area contributed by atoms with Crippen LogP contribution in [0.2, 0.25) is 0 Å². The Labute approximate surface area is 77.4 Å². The van der Waals surface area contributed by atoms with E-state index < -0.39 is 0 Å². The molecular weight excluding hydrogens is 164 g/mol. The predicted octanol–water partition coefficient (Wildman–Crippen LogP) is 1.39. The summed E-state index contributed by atoms with van der Waals surface area (Å²) in [5.74, 6) is 0. The highest BCUT2D eigenvalue weighted by Crippen LogP contribution is 2.31. The molecule has 0 atom stereocenters. The van der Waals surface area contributed by atoms with Gasteiger partial charge in [0, 0.05) is 0 Å². The van der Waals surface area contributed by atoms with Crippen LogP contribution < -0.4 is 10.2 Å². The number of nitrogens with zero attached hydrogens (tertiary/aromatic N) is 1. The predicted molar refractivity (Wildman–Crippen MR) is 52.3 cm³/mol. The van der Waals surface area contributed by atoms with Gasteiger partial charge in [-0.05, 0) is 19.1 Å². The molecule has 0 unspecified atom stereocenters. The summed E-state index contributed by atoms with van der Waals surface area (Å²) in [5, 5.41) is 0. The number of benzene rings is 1. The van der Waals surface area contributed by atoms with Gasteiger partial charge in [0.2, 0.25) is 0 Å². The van der Waals surface area contributed by atoms with Crippen LogP contribution in [-0.4, -0.2) is 19.1 Å². The van der Waals surface area contributed by atoms with Crippen molar-refractivity contribution in [2.75, 3.05) is 13.1 Å². The molecule has 1 heterocycles. The normalized spacial score (nSPS) is 18.2. The van der Waals surface area contributed by atoms with Crippen molar-refractivity contribution in [1.82, 2.24) is 4.48 Å². The van der Waals surface area contributed by atoms with Crippen molar-refractivity contribution in [2.24, 2.45) is 5.73 Å². The summed E-state index contributed by atoms with van der Waals surface area (Å²) in [7, 11) is 0. The van der Waals surface area contributed by atoms with Crippen LogP contribution in [0.3, 0.4) is 0 Å². The van der Waals surface area contributed by atoms with Gasteiger partial charge in [0.1, 0.15) is 18.8 Å². The van der Waals surface area contributed by atoms with Crippen molar-refractivity contribution in [3.8, 4) is 0 Å². The molecule has 1 fully saturated rings. The number of amides is 2. The third-order valence-corrected chi connectivity index (χ3v) is 2.62. The molecule has 2 rings (SSSR count). The SMILES string of the molecule is Cc1ccc([N+]2(C(N)=O)CC2)cc1. The van der Waals surface area contributed by atoms with Gasteiger partial charge in [-0.2, -0.15) is 4.48 Å². The van der Waals surface area contributed by atoms with E-state index in [4.69, 9.17) is 5.73 Å². The van der Waals surface area contributed by atoms with Gasteiger partial charge < -0.3 is 5.73 Å². The molecule has 0 bridgehead atoms. The number of primary amides is 1. The van der Waals surface area contributed by atoms with Gasteiger partial charge in [0.05, 0.1) is 0 Å². The molecule has 2 N–H and O–H groups in total. The highest BCUT2D eigenvalue weighted by atomic mass is 16.2. The Hall–Kier alpha value is -1.35. The number of nitrogens with two attached hydrogens (primary N) is 1. The summed E-state index contributed by atoms with van der Waals surface area (Å²) in [6.07, 6.45) is 0. The maximum absolute atomic E-state index is 11.2. The summed E-state index contributed by atoms with van der Waals surface area (Å²) in [4.78, 5) is 11.2. The Bertz CT molecular complexity index is 338. The lowest BCUT2D eigenvalue weighted by Gasteiger charge is -2.11. The second-order valence-corrected chi connectivity index (χ2v) is 3.59. The van der Waals surface area contributed by atoms with E-state index >= 15 is 0 Å². The molecule has 1 aliphatic heterocycles. The minimum absolute atomic E-state index is 0.246. The molecule has 2 amide bonds. The fourth-order valence-electron chi connectivity index (χ4n) is 1.54. The van der Waals surface area contributed by atoms with Crippen molar-refractivity contribution >= 4 is 11.7 Å². The summed E-state index contributed by atoms with van der Waals surface area (Å²) in [6, 6.07) is 7.73. The molecule has 3 nitrogen and oxygen atoms in total. The highest BCUT2D eigenvalue weighted by molar-refractivity contribution is 5.88. The topological polar surface area (TPSA) is 43.1 Å². The summed E-state index contributed by atoms with van der Waals surface area (Å²) < 4.78 is 0.334. The highest BCUT2D eigenvalue weighted by Gasteiger charge is 2.50. The Morgan fingerprint density at radius 1 is 1.31 bits per heavy atom. The summed E-state index contributed by atoms with van der Waals surface area (Å²) in [6.45, 7) is 3.72. The van der Waals surface area contributed by atoms with E-state index in [1.54, 1.807) is 0 Å². The van der Waals surface area contributed by atoms with E-state index in [1.807, 2.05) is 31.2 Å². The molecule has 68 valence electrons. The zero-order valence-electron chi connectivity index (χ0n) is 7.66. The van der Waals surface area contributed by atoms with E-state index in [0.29, 0.717) is 4.48 Å². The zero-order valence-corrected chi connectivity index (χ0v) is 7.66. The van der Waals surface area contributed by atoms with E-state index in [0.717, 1.165) is 18.8 Å². The number of hydrogen-bond donors (Lipinski definition) is 1. The van der Waals surface area contributed by atoms with Gasteiger partial charge in [-0.1, -0.05) is 17.7 Å². The zero-order chi connectivity index (χ0) is 9.47. The maximum atomic E-state index is 11.2. The van der Waals surface area contributed by atoms with E-state index in [-0.39, 0.29) is 6.03 Å². The van der Waals surface area contributed by atoms with Crippen molar-refractivity contribution < 1.29 is 4.79 Å². The van der Waals surface area contributed by atoms with Crippen molar-refractivity contribution in [1.29, 1.82) is 0 Å². The first-order chi connectivity index (χ1) is 6.15. The quantitative estimate of drug-likeness (QED) is 0.511. The van der Waals surface area contributed by atoms with Crippen LogP contribution in [-0.2, 0) is 0 Å². The van der Waals surface area contributed by atoms with Crippen molar-refractivity contribution in [3.63, 3.8) is 0 Å². The molecule has 0 saturated carbocycles. The molecule has 13 heavy (non-hydrogen) atoms. The van der Waals surface area contributed by atoms with Crippen LogP contribution in [0.15, 0.2) is 24.3 Å². The first kappa shape index (κ1) is 8.26. The number of quaternary nitrogens is 1. The van der Waals surface area contributed by atoms with Gasteiger partial charge in [-0.3, -0.25) is 0 Å². The van der Waals surface area contributed by atoms with Gasteiger partial charge in [0.15, 0.2) is 0 Å². The molecule has 0 spiro atoms. The molecule has 1 aromatic rings. The van der Waals surface area contributed by atoms with E-state index in [2.05, 4.69) is 0 Å². The van der Waals surface area contributed by atoms with Crippen LogP contribution in [0.4, 0.5) is 10.5 Å². The van der Waals surface area contributed by atoms with Gasteiger partial charge >= 0.3 is 6.03 Å². The number of carbonyl (C=O) groups excluding carboxylic acids is 1. The number of carbonyl (C=O) groups is 1. The van der Waals surface area contributed by atoms with Gasteiger partial charge in [-0.25, -0.2) is 4.79 Å². The molecular formula is C10H13N2O+. The fraction of sp³-hybridized carbons (Fsp3) is 0.300. The second kappa shape index (κ2) is 2.57. The lowest BCUT2D eigenvalue weighted by atomic mass is 10.2. The molecule has 0 aliphatic carbocycles. The molecule has 0 aromatic heterocycles. The largest absolute Gasteiger partial charge is 0.419 e. The number of urea groups is 1. The van der Waals surface area contributed by atoms with Crippen LogP contribution in [0.5, 0.6) is 0 Å². The number of aryl methyl sites for hydroxylation is 1. The van der Waals surface area contributed by atoms with E-state index in [9.17, 15) is 4.79 Å². The van der Waals surface area contributed by atoms with Gasteiger partial charge in [0.25, 0.3) is 0 Å². The second-order valence-electron chi connectivity index (χ2n) is 3.59. The standard InChI is InChI=1S/C10H12N2O/c1-8-2-4-9(5-3-8)12(6-7-12)10(11)13/h2-5H,6-7H2,1H3,(H-,11,13)/p+1. The Morgan fingerprint density at radius 3 is 2.23 bits per heavy atom. The lowest BCUT2D eigenvalue weighted by Crippen LogP contribution is -2.39. The molecule has 0 radical (unpaired) electrons. The molecule has 1 aliphatic rings. The number of hydrogen-bond acceptors (Lipinski definition) is 1.